The molecule has 0 unspecified atom stereocenters. The monoisotopic (exact) mass is 292 g/mol. The second-order valence-electron chi connectivity index (χ2n) is 6.12. The van der Waals surface area contributed by atoms with Crippen LogP contribution in [0.25, 0.3) is 0 Å². The van der Waals surface area contributed by atoms with E-state index in [9.17, 15) is 5.11 Å². The molecule has 110 valence electrons. The third-order valence-corrected chi connectivity index (χ3v) is 5.36. The molecule has 4 heteroatoms. The summed E-state index contributed by atoms with van der Waals surface area (Å²) >= 11 is 1.79. The molecule has 2 heterocycles. The van der Waals surface area contributed by atoms with Gasteiger partial charge < -0.3 is 5.11 Å². The highest BCUT2D eigenvalue weighted by molar-refractivity contribution is 7.98. The van der Waals surface area contributed by atoms with E-state index in [4.69, 9.17) is 0 Å². The van der Waals surface area contributed by atoms with Gasteiger partial charge in [-0.1, -0.05) is 12.1 Å². The van der Waals surface area contributed by atoms with Crippen LogP contribution in [0.5, 0.6) is 0 Å². The first-order chi connectivity index (χ1) is 9.65. The fourth-order valence-corrected chi connectivity index (χ4v) is 3.87. The van der Waals surface area contributed by atoms with E-state index >= 15 is 0 Å². The lowest BCUT2D eigenvalue weighted by Crippen LogP contribution is -2.54. The van der Waals surface area contributed by atoms with E-state index < -0.39 is 0 Å². The summed E-state index contributed by atoms with van der Waals surface area (Å²) in [7, 11) is 0. The van der Waals surface area contributed by atoms with Crippen molar-refractivity contribution in [2.24, 2.45) is 0 Å². The lowest BCUT2D eigenvalue weighted by atomic mass is 10.1. The van der Waals surface area contributed by atoms with Gasteiger partial charge in [0, 0.05) is 43.2 Å². The van der Waals surface area contributed by atoms with Crippen molar-refractivity contribution >= 4 is 11.8 Å². The number of hydrogen-bond acceptors (Lipinski definition) is 4. The SMILES string of the molecule is CSc1ccc(CN2C[C@H]3C[C@@H](O)CN3C[C@@H]2C)cc1. The summed E-state index contributed by atoms with van der Waals surface area (Å²) in [5.41, 5.74) is 1.39. The number of thioether (sulfide) groups is 1. The van der Waals surface area contributed by atoms with Crippen molar-refractivity contribution in [2.75, 3.05) is 25.9 Å². The van der Waals surface area contributed by atoms with Crippen LogP contribution in [-0.4, -0.2) is 59.0 Å². The highest BCUT2D eigenvalue weighted by atomic mass is 32.2. The minimum Gasteiger partial charge on any atom is -0.392 e. The van der Waals surface area contributed by atoms with Gasteiger partial charge in [0.05, 0.1) is 6.10 Å². The summed E-state index contributed by atoms with van der Waals surface area (Å²) in [4.78, 5) is 6.35. The Balaban J connectivity index is 1.64. The first kappa shape index (κ1) is 14.4. The molecule has 2 aliphatic heterocycles. The number of benzene rings is 1. The van der Waals surface area contributed by atoms with Gasteiger partial charge in [0.25, 0.3) is 0 Å². The molecule has 2 fully saturated rings. The van der Waals surface area contributed by atoms with Gasteiger partial charge >= 0.3 is 0 Å². The maximum absolute atomic E-state index is 9.82. The van der Waals surface area contributed by atoms with E-state index in [-0.39, 0.29) is 6.10 Å². The van der Waals surface area contributed by atoms with Crippen LogP contribution in [-0.2, 0) is 6.54 Å². The molecule has 0 amide bonds. The molecule has 1 N–H and O–H groups in total. The zero-order chi connectivity index (χ0) is 14.1. The van der Waals surface area contributed by atoms with Gasteiger partial charge in [-0.3, -0.25) is 9.80 Å². The number of rotatable bonds is 3. The molecule has 0 aliphatic carbocycles. The number of piperazine rings is 1. The van der Waals surface area contributed by atoms with Crippen LogP contribution in [0, 0.1) is 0 Å². The molecular formula is C16H24N2OS. The Bertz CT molecular complexity index is 450. The fraction of sp³-hybridized carbons (Fsp3) is 0.625. The number of nitrogens with zero attached hydrogens (tertiary/aromatic N) is 2. The van der Waals surface area contributed by atoms with E-state index in [2.05, 4.69) is 47.2 Å². The van der Waals surface area contributed by atoms with E-state index in [1.54, 1.807) is 11.8 Å². The topological polar surface area (TPSA) is 26.7 Å². The molecule has 2 saturated heterocycles. The summed E-state index contributed by atoms with van der Waals surface area (Å²) in [6.45, 7) is 6.37. The van der Waals surface area contributed by atoms with Crippen molar-refractivity contribution in [3.63, 3.8) is 0 Å². The van der Waals surface area contributed by atoms with Gasteiger partial charge in [-0.15, -0.1) is 11.8 Å². The van der Waals surface area contributed by atoms with Crippen molar-refractivity contribution in [1.82, 2.24) is 9.80 Å². The highest BCUT2D eigenvalue weighted by Gasteiger charge is 2.37. The predicted octanol–water partition coefficient (Wildman–Crippen LogP) is 2.05. The number of aliphatic hydroxyl groups excluding tert-OH is 1. The van der Waals surface area contributed by atoms with E-state index in [0.29, 0.717) is 12.1 Å². The van der Waals surface area contributed by atoms with Crippen LogP contribution in [0.2, 0.25) is 0 Å². The molecule has 2 aliphatic rings. The maximum Gasteiger partial charge on any atom is 0.0682 e. The van der Waals surface area contributed by atoms with Crippen LogP contribution in [0.1, 0.15) is 18.9 Å². The van der Waals surface area contributed by atoms with Gasteiger partial charge in [0.1, 0.15) is 0 Å². The minimum atomic E-state index is -0.118. The molecule has 3 nitrogen and oxygen atoms in total. The van der Waals surface area contributed by atoms with Gasteiger partial charge in [-0.25, -0.2) is 0 Å². The Morgan fingerprint density at radius 1 is 1.20 bits per heavy atom. The largest absolute Gasteiger partial charge is 0.392 e. The molecule has 1 aromatic carbocycles. The zero-order valence-corrected chi connectivity index (χ0v) is 13.1. The second-order valence-corrected chi connectivity index (χ2v) is 7.00. The minimum absolute atomic E-state index is 0.118. The lowest BCUT2D eigenvalue weighted by molar-refractivity contribution is 0.0528. The quantitative estimate of drug-likeness (QED) is 0.863. The van der Waals surface area contributed by atoms with Gasteiger partial charge in [-0.05, 0) is 37.3 Å². The fourth-order valence-electron chi connectivity index (χ4n) is 3.46. The number of fused-ring (bicyclic) bond motifs is 1. The van der Waals surface area contributed by atoms with Crippen LogP contribution in [0.15, 0.2) is 29.2 Å². The summed E-state index contributed by atoms with van der Waals surface area (Å²) < 4.78 is 0. The van der Waals surface area contributed by atoms with Crippen LogP contribution >= 0.6 is 11.8 Å². The first-order valence-corrected chi connectivity index (χ1v) is 8.67. The standard InChI is InChI=1S/C16H24N2OS/c1-12-8-18-11-15(19)7-14(18)10-17(12)9-13-3-5-16(20-2)6-4-13/h3-6,12,14-15,19H,7-11H2,1-2H3/t12-,14+,15+/m0/s1. The summed E-state index contributed by atoms with van der Waals surface area (Å²) in [6, 6.07) is 10.0. The van der Waals surface area contributed by atoms with E-state index in [1.165, 1.54) is 10.5 Å². The zero-order valence-electron chi connectivity index (χ0n) is 12.3. The van der Waals surface area contributed by atoms with Crippen molar-refractivity contribution in [3.8, 4) is 0 Å². The molecule has 3 atom stereocenters. The van der Waals surface area contributed by atoms with Crippen molar-refractivity contribution < 1.29 is 5.11 Å². The Morgan fingerprint density at radius 3 is 2.65 bits per heavy atom. The summed E-state index contributed by atoms with van der Waals surface area (Å²) in [5.74, 6) is 0. The van der Waals surface area contributed by atoms with Crippen molar-refractivity contribution in [3.05, 3.63) is 29.8 Å². The average Bonchev–Trinajstić information content (AvgIpc) is 2.79. The van der Waals surface area contributed by atoms with Crippen LogP contribution in [0.4, 0.5) is 0 Å². The third kappa shape index (κ3) is 3.03. The number of aliphatic hydroxyl groups is 1. The molecular weight excluding hydrogens is 268 g/mol. The third-order valence-electron chi connectivity index (χ3n) is 4.62. The molecule has 3 rings (SSSR count). The second kappa shape index (κ2) is 6.06. The van der Waals surface area contributed by atoms with Crippen LogP contribution < -0.4 is 0 Å². The Hall–Kier alpha value is -0.550. The van der Waals surface area contributed by atoms with E-state index in [1.807, 2.05) is 0 Å². The smallest absolute Gasteiger partial charge is 0.0682 e. The van der Waals surface area contributed by atoms with Crippen LogP contribution in [0.3, 0.4) is 0 Å². The molecule has 1 aromatic rings. The Morgan fingerprint density at radius 2 is 1.95 bits per heavy atom. The van der Waals surface area contributed by atoms with Crippen molar-refractivity contribution in [1.29, 1.82) is 0 Å². The van der Waals surface area contributed by atoms with Crippen molar-refractivity contribution in [2.45, 2.75) is 43.0 Å². The van der Waals surface area contributed by atoms with Gasteiger partial charge in [-0.2, -0.15) is 0 Å². The highest BCUT2D eigenvalue weighted by Crippen LogP contribution is 2.26. The first-order valence-electron chi connectivity index (χ1n) is 7.45. The molecule has 0 radical (unpaired) electrons. The number of hydrogen-bond donors (Lipinski definition) is 1. The van der Waals surface area contributed by atoms with Gasteiger partial charge in [0.2, 0.25) is 0 Å². The Kier molecular flexibility index (Phi) is 4.36. The average molecular weight is 292 g/mol. The predicted molar refractivity (Wildman–Crippen MR) is 84.1 cm³/mol. The lowest BCUT2D eigenvalue weighted by Gasteiger charge is -2.42. The molecule has 0 saturated carbocycles. The summed E-state index contributed by atoms with van der Waals surface area (Å²) in [6.07, 6.45) is 2.93. The molecule has 0 aromatic heterocycles. The van der Waals surface area contributed by atoms with Gasteiger partial charge in [0.15, 0.2) is 0 Å². The maximum atomic E-state index is 9.82. The molecule has 20 heavy (non-hydrogen) atoms. The van der Waals surface area contributed by atoms with E-state index in [0.717, 1.165) is 32.6 Å². The molecule has 0 bridgehead atoms. The molecule has 0 spiro atoms. The Labute approximate surface area is 126 Å². The normalized spacial score (nSPS) is 31.4. The summed E-state index contributed by atoms with van der Waals surface area (Å²) in [5, 5.41) is 9.82.